The van der Waals surface area contributed by atoms with Gasteiger partial charge in [0.2, 0.25) is 5.91 Å². The van der Waals surface area contributed by atoms with Crippen LogP contribution in [0.2, 0.25) is 0 Å². The average Bonchev–Trinajstić information content (AvgIpc) is 2.60. The molecule has 1 heterocycles. The van der Waals surface area contributed by atoms with Gasteiger partial charge in [0.25, 0.3) is 0 Å². The van der Waals surface area contributed by atoms with Crippen LogP contribution in [0.4, 0.5) is 0 Å². The number of aliphatic hydroxyl groups excluding tert-OH is 1. The van der Waals surface area contributed by atoms with Crippen molar-refractivity contribution in [3.05, 3.63) is 0 Å². The van der Waals surface area contributed by atoms with E-state index in [1.807, 2.05) is 6.92 Å². The normalized spacial score (nSPS) is 28.8. The van der Waals surface area contributed by atoms with E-state index >= 15 is 0 Å². The van der Waals surface area contributed by atoms with Crippen LogP contribution < -0.4 is 10.6 Å². The fourth-order valence-electron chi connectivity index (χ4n) is 1.75. The Morgan fingerprint density at radius 1 is 1.71 bits per heavy atom. The van der Waals surface area contributed by atoms with E-state index in [1.165, 1.54) is 0 Å². The van der Waals surface area contributed by atoms with Gasteiger partial charge in [-0.2, -0.15) is 0 Å². The Kier molecular flexibility index (Phi) is 4.35. The molecule has 1 amide bonds. The molecular formula is C10H20N2O2. The molecule has 0 radical (unpaired) electrons. The molecule has 3 N–H and O–H groups in total. The molecule has 1 aliphatic heterocycles. The largest absolute Gasteiger partial charge is 0.394 e. The van der Waals surface area contributed by atoms with Gasteiger partial charge in [-0.1, -0.05) is 13.8 Å². The van der Waals surface area contributed by atoms with E-state index in [0.717, 1.165) is 19.4 Å². The van der Waals surface area contributed by atoms with Crippen molar-refractivity contribution >= 4 is 5.91 Å². The fourth-order valence-corrected chi connectivity index (χ4v) is 1.75. The van der Waals surface area contributed by atoms with Crippen molar-refractivity contribution in [2.45, 2.75) is 38.8 Å². The highest BCUT2D eigenvalue weighted by molar-refractivity contribution is 5.82. The number of carbonyl (C=O) groups is 1. The third-order valence-electron chi connectivity index (χ3n) is 2.88. The van der Waals surface area contributed by atoms with Gasteiger partial charge in [0.15, 0.2) is 0 Å². The minimum Gasteiger partial charge on any atom is -0.394 e. The summed E-state index contributed by atoms with van der Waals surface area (Å²) in [5, 5.41) is 15.0. The number of hydrogen-bond donors (Lipinski definition) is 3. The van der Waals surface area contributed by atoms with Crippen LogP contribution in [-0.2, 0) is 4.79 Å². The highest BCUT2D eigenvalue weighted by Crippen LogP contribution is 2.14. The molecule has 3 atom stereocenters. The molecule has 0 spiro atoms. The van der Waals surface area contributed by atoms with E-state index in [1.54, 1.807) is 0 Å². The van der Waals surface area contributed by atoms with Crippen LogP contribution in [-0.4, -0.2) is 36.2 Å². The number of amides is 1. The SMILES string of the molecule is CCC(CO)NC(=O)C1NCCC1C. The summed E-state index contributed by atoms with van der Waals surface area (Å²) < 4.78 is 0. The van der Waals surface area contributed by atoms with E-state index in [2.05, 4.69) is 17.6 Å². The van der Waals surface area contributed by atoms with Crippen molar-refractivity contribution < 1.29 is 9.90 Å². The summed E-state index contributed by atoms with van der Waals surface area (Å²) in [5.74, 6) is 0.419. The molecule has 1 saturated heterocycles. The monoisotopic (exact) mass is 200 g/mol. The number of rotatable bonds is 4. The van der Waals surface area contributed by atoms with Crippen LogP contribution in [0.1, 0.15) is 26.7 Å². The first-order valence-corrected chi connectivity index (χ1v) is 5.33. The predicted octanol–water partition coefficient (Wildman–Crippen LogP) is -0.128. The lowest BCUT2D eigenvalue weighted by atomic mass is 10.0. The Hall–Kier alpha value is -0.610. The van der Waals surface area contributed by atoms with Crippen molar-refractivity contribution in [1.29, 1.82) is 0 Å². The molecule has 0 aromatic heterocycles. The molecule has 1 aliphatic rings. The highest BCUT2D eigenvalue weighted by Gasteiger charge is 2.29. The maximum atomic E-state index is 11.7. The summed E-state index contributed by atoms with van der Waals surface area (Å²) in [6, 6.07) is -0.173. The Bertz CT molecular complexity index is 193. The van der Waals surface area contributed by atoms with E-state index in [0.29, 0.717) is 5.92 Å². The van der Waals surface area contributed by atoms with Gasteiger partial charge in [-0.25, -0.2) is 0 Å². The molecule has 3 unspecified atom stereocenters. The lowest BCUT2D eigenvalue weighted by Crippen LogP contribution is -2.48. The minimum absolute atomic E-state index is 0.0172. The van der Waals surface area contributed by atoms with Crippen molar-refractivity contribution in [3.8, 4) is 0 Å². The quantitative estimate of drug-likeness (QED) is 0.592. The molecule has 4 heteroatoms. The number of nitrogens with one attached hydrogen (secondary N) is 2. The minimum atomic E-state index is -0.0999. The van der Waals surface area contributed by atoms with Crippen LogP contribution in [0.25, 0.3) is 0 Å². The Labute approximate surface area is 85.1 Å². The third-order valence-corrected chi connectivity index (χ3v) is 2.88. The lowest BCUT2D eigenvalue weighted by Gasteiger charge is -2.19. The molecule has 0 aromatic rings. The van der Waals surface area contributed by atoms with Gasteiger partial charge < -0.3 is 15.7 Å². The molecule has 0 aromatic carbocycles. The first-order valence-electron chi connectivity index (χ1n) is 5.33. The number of carbonyl (C=O) groups excluding carboxylic acids is 1. The number of aliphatic hydroxyl groups is 1. The second kappa shape index (κ2) is 5.32. The van der Waals surface area contributed by atoms with E-state index in [9.17, 15) is 4.79 Å². The third kappa shape index (κ3) is 2.69. The first-order chi connectivity index (χ1) is 6.69. The summed E-state index contributed by atoms with van der Waals surface area (Å²) in [6.45, 7) is 4.95. The van der Waals surface area contributed by atoms with Crippen LogP contribution in [0.3, 0.4) is 0 Å². The van der Waals surface area contributed by atoms with Crippen molar-refractivity contribution in [1.82, 2.24) is 10.6 Å². The Balaban J connectivity index is 2.40. The van der Waals surface area contributed by atoms with Gasteiger partial charge in [-0.3, -0.25) is 4.79 Å². The topological polar surface area (TPSA) is 61.4 Å². The summed E-state index contributed by atoms with van der Waals surface area (Å²) in [7, 11) is 0. The van der Waals surface area contributed by atoms with Gasteiger partial charge in [-0.05, 0) is 25.3 Å². The van der Waals surface area contributed by atoms with Gasteiger partial charge in [0, 0.05) is 0 Å². The zero-order chi connectivity index (χ0) is 10.6. The molecule has 0 aliphatic carbocycles. The van der Waals surface area contributed by atoms with Crippen LogP contribution >= 0.6 is 0 Å². The Morgan fingerprint density at radius 3 is 2.86 bits per heavy atom. The van der Waals surface area contributed by atoms with Crippen molar-refractivity contribution in [3.63, 3.8) is 0 Å². The molecule has 1 fully saturated rings. The van der Waals surface area contributed by atoms with Crippen molar-refractivity contribution in [2.24, 2.45) is 5.92 Å². The first kappa shape index (κ1) is 11.5. The molecule has 0 saturated carbocycles. The average molecular weight is 200 g/mol. The fraction of sp³-hybridized carbons (Fsp3) is 0.900. The van der Waals surface area contributed by atoms with Crippen molar-refractivity contribution in [2.75, 3.05) is 13.2 Å². The van der Waals surface area contributed by atoms with Crippen LogP contribution in [0.15, 0.2) is 0 Å². The Morgan fingerprint density at radius 2 is 2.43 bits per heavy atom. The predicted molar refractivity (Wildman–Crippen MR) is 54.9 cm³/mol. The molecule has 82 valence electrons. The van der Waals surface area contributed by atoms with Gasteiger partial charge in [0.1, 0.15) is 0 Å². The standard InChI is InChI=1S/C10H20N2O2/c1-3-8(6-13)12-10(14)9-7(2)4-5-11-9/h7-9,11,13H,3-6H2,1-2H3,(H,12,14). The second-order valence-electron chi connectivity index (χ2n) is 3.99. The van der Waals surface area contributed by atoms with E-state index < -0.39 is 0 Å². The summed E-state index contributed by atoms with van der Waals surface area (Å²) in [5.41, 5.74) is 0. The summed E-state index contributed by atoms with van der Waals surface area (Å²) >= 11 is 0. The summed E-state index contributed by atoms with van der Waals surface area (Å²) in [6.07, 6.45) is 1.82. The van der Waals surface area contributed by atoms with Gasteiger partial charge in [-0.15, -0.1) is 0 Å². The van der Waals surface area contributed by atoms with E-state index in [4.69, 9.17) is 5.11 Å². The maximum Gasteiger partial charge on any atom is 0.237 e. The lowest BCUT2D eigenvalue weighted by molar-refractivity contribution is -0.124. The molecule has 4 nitrogen and oxygen atoms in total. The summed E-state index contributed by atoms with van der Waals surface area (Å²) in [4.78, 5) is 11.7. The van der Waals surface area contributed by atoms with Crippen LogP contribution in [0.5, 0.6) is 0 Å². The maximum absolute atomic E-state index is 11.7. The molecule has 14 heavy (non-hydrogen) atoms. The highest BCUT2D eigenvalue weighted by atomic mass is 16.3. The second-order valence-corrected chi connectivity index (χ2v) is 3.99. The molecular weight excluding hydrogens is 180 g/mol. The molecule has 0 bridgehead atoms. The number of hydrogen-bond acceptors (Lipinski definition) is 3. The van der Waals surface area contributed by atoms with Gasteiger partial charge in [0.05, 0.1) is 18.7 Å². The van der Waals surface area contributed by atoms with Gasteiger partial charge >= 0.3 is 0 Å². The van der Waals surface area contributed by atoms with Crippen LogP contribution in [0, 0.1) is 5.92 Å². The smallest absolute Gasteiger partial charge is 0.237 e. The molecule has 1 rings (SSSR count). The zero-order valence-corrected chi connectivity index (χ0v) is 8.92. The zero-order valence-electron chi connectivity index (χ0n) is 8.92. The van der Waals surface area contributed by atoms with E-state index in [-0.39, 0.29) is 24.6 Å².